The van der Waals surface area contributed by atoms with E-state index < -0.39 is 47.9 Å². The lowest BCUT2D eigenvalue weighted by atomic mass is 10.0. The van der Waals surface area contributed by atoms with Crippen molar-refractivity contribution in [1.29, 1.82) is 5.26 Å². The second-order valence-corrected chi connectivity index (χ2v) is 7.57. The number of carbonyl (C=O) groups excluding carboxylic acids is 1. The Morgan fingerprint density at radius 1 is 1.21 bits per heavy atom. The first kappa shape index (κ1) is 23.3. The van der Waals surface area contributed by atoms with E-state index in [-0.39, 0.29) is 11.3 Å². The Hall–Kier alpha value is -3.89. The Morgan fingerprint density at radius 2 is 1.97 bits per heavy atom. The van der Waals surface area contributed by atoms with Crippen molar-refractivity contribution >= 4 is 5.91 Å². The first-order chi connectivity index (χ1) is 16.0. The van der Waals surface area contributed by atoms with Gasteiger partial charge in [-0.05, 0) is 31.0 Å². The molecule has 0 fully saturated rings. The summed E-state index contributed by atoms with van der Waals surface area (Å²) < 4.78 is 79.2. The highest BCUT2D eigenvalue weighted by atomic mass is 19.4. The van der Waals surface area contributed by atoms with E-state index in [1.807, 2.05) is 0 Å². The van der Waals surface area contributed by atoms with Crippen molar-refractivity contribution in [2.45, 2.75) is 44.3 Å². The summed E-state index contributed by atoms with van der Waals surface area (Å²) >= 11 is 0. The molecule has 14 heteroatoms. The van der Waals surface area contributed by atoms with E-state index in [1.54, 1.807) is 10.8 Å². The molecule has 0 radical (unpaired) electrons. The summed E-state index contributed by atoms with van der Waals surface area (Å²) in [4.78, 5) is 19.7. The van der Waals surface area contributed by atoms with Crippen molar-refractivity contribution in [2.24, 2.45) is 0 Å². The summed E-state index contributed by atoms with van der Waals surface area (Å²) in [5, 5.41) is 16.2. The maximum absolute atomic E-state index is 13.0. The van der Waals surface area contributed by atoms with Crippen LogP contribution in [-0.4, -0.2) is 36.4 Å². The van der Waals surface area contributed by atoms with E-state index in [1.165, 1.54) is 12.1 Å². The minimum Gasteiger partial charge on any atom is -0.342 e. The second-order valence-electron chi connectivity index (χ2n) is 7.57. The first-order valence-corrected chi connectivity index (χ1v) is 9.90. The molecule has 34 heavy (non-hydrogen) atoms. The topological polar surface area (TPSA) is 101 Å². The molecule has 3 aromatic rings. The van der Waals surface area contributed by atoms with E-state index in [4.69, 9.17) is 0 Å². The lowest BCUT2D eigenvalue weighted by Crippen LogP contribution is -2.33. The predicted molar refractivity (Wildman–Crippen MR) is 103 cm³/mol. The minimum atomic E-state index is -4.63. The van der Waals surface area contributed by atoms with Gasteiger partial charge >= 0.3 is 12.4 Å². The fraction of sp³-hybridized carbons (Fsp3) is 0.350. The van der Waals surface area contributed by atoms with E-state index >= 15 is 0 Å². The van der Waals surface area contributed by atoms with Crippen molar-refractivity contribution in [3.05, 3.63) is 53.5 Å². The molecule has 0 spiro atoms. The Balaban J connectivity index is 1.59. The highest BCUT2D eigenvalue weighted by Gasteiger charge is 2.34. The quantitative estimate of drug-likeness (QED) is 0.568. The zero-order valence-corrected chi connectivity index (χ0v) is 17.2. The van der Waals surface area contributed by atoms with Gasteiger partial charge in [-0.2, -0.15) is 36.7 Å². The van der Waals surface area contributed by atoms with Crippen LogP contribution in [0.1, 0.15) is 46.5 Å². The second kappa shape index (κ2) is 8.47. The van der Waals surface area contributed by atoms with Crippen molar-refractivity contribution in [2.75, 3.05) is 0 Å². The molecule has 0 bridgehead atoms. The molecule has 1 aliphatic rings. The van der Waals surface area contributed by atoms with Crippen molar-refractivity contribution in [1.82, 2.24) is 29.6 Å². The lowest BCUT2D eigenvalue weighted by Gasteiger charge is -2.24. The molecule has 1 amide bonds. The molecule has 0 unspecified atom stereocenters. The number of hydrogen-bond donors (Lipinski definition) is 1. The third-order valence-corrected chi connectivity index (χ3v) is 5.19. The average molecular weight is 483 g/mol. The fourth-order valence-corrected chi connectivity index (χ4v) is 3.72. The van der Waals surface area contributed by atoms with Crippen LogP contribution in [0.2, 0.25) is 0 Å². The maximum atomic E-state index is 13.0. The molecule has 0 aliphatic carbocycles. The zero-order valence-electron chi connectivity index (χ0n) is 17.2. The number of aryl methyl sites for hydroxylation is 1. The lowest BCUT2D eigenvalue weighted by molar-refractivity contribution is -0.141. The molecular weight excluding hydrogens is 468 g/mol. The molecule has 3 aromatic heterocycles. The largest absolute Gasteiger partial charge is 0.433 e. The number of carbonyl (C=O) groups is 1. The fourth-order valence-electron chi connectivity index (χ4n) is 3.72. The van der Waals surface area contributed by atoms with E-state index in [0.29, 0.717) is 29.6 Å². The van der Waals surface area contributed by atoms with Gasteiger partial charge < -0.3 is 9.88 Å². The number of alkyl halides is 6. The average Bonchev–Trinajstić information content (AvgIpc) is 3.36. The number of hydrogen-bond acceptors (Lipinski definition) is 5. The van der Waals surface area contributed by atoms with Gasteiger partial charge in [0.25, 0.3) is 5.91 Å². The third kappa shape index (κ3) is 4.73. The number of nitriles is 1. The number of halogens is 6. The number of aromatic nitrogens is 5. The maximum Gasteiger partial charge on any atom is 0.433 e. The number of rotatable bonds is 4. The van der Waals surface area contributed by atoms with E-state index in [9.17, 15) is 36.4 Å². The van der Waals surface area contributed by atoms with Gasteiger partial charge in [-0.3, -0.25) is 14.5 Å². The highest BCUT2D eigenvalue weighted by molar-refractivity contribution is 5.94. The molecule has 4 rings (SSSR count). The van der Waals surface area contributed by atoms with Crippen LogP contribution in [0.15, 0.2) is 30.7 Å². The van der Waals surface area contributed by atoms with Gasteiger partial charge in [-0.25, -0.2) is 4.98 Å². The molecule has 1 aliphatic heterocycles. The van der Waals surface area contributed by atoms with Crippen molar-refractivity contribution in [3.8, 4) is 17.3 Å². The Labute approximate surface area is 187 Å². The number of pyridine rings is 1. The summed E-state index contributed by atoms with van der Waals surface area (Å²) in [5.41, 5.74) is -1.11. The predicted octanol–water partition coefficient (Wildman–Crippen LogP) is 3.86. The van der Waals surface area contributed by atoms with Crippen LogP contribution in [-0.2, 0) is 19.3 Å². The van der Waals surface area contributed by atoms with Crippen LogP contribution in [0.5, 0.6) is 0 Å². The van der Waals surface area contributed by atoms with E-state index in [0.717, 1.165) is 18.6 Å². The summed E-state index contributed by atoms with van der Waals surface area (Å²) in [6.45, 7) is -1.01. The minimum absolute atomic E-state index is 0.187. The van der Waals surface area contributed by atoms with Crippen LogP contribution in [0, 0.1) is 11.3 Å². The van der Waals surface area contributed by atoms with Gasteiger partial charge in [0.1, 0.15) is 18.3 Å². The summed E-state index contributed by atoms with van der Waals surface area (Å²) in [5.74, 6) is -0.845. The van der Waals surface area contributed by atoms with Gasteiger partial charge in [-0.15, -0.1) is 0 Å². The summed E-state index contributed by atoms with van der Waals surface area (Å²) in [6.07, 6.45) is -6.41. The Bertz CT molecular complexity index is 1270. The highest BCUT2D eigenvalue weighted by Crippen LogP contribution is 2.33. The van der Waals surface area contributed by atoms with Crippen LogP contribution >= 0.6 is 0 Å². The number of amides is 1. The van der Waals surface area contributed by atoms with Gasteiger partial charge in [-0.1, -0.05) is 0 Å². The molecule has 0 aromatic carbocycles. The molecule has 1 atom stereocenters. The Kier molecular flexibility index (Phi) is 5.80. The van der Waals surface area contributed by atoms with Gasteiger partial charge in [0.2, 0.25) is 0 Å². The van der Waals surface area contributed by atoms with Crippen LogP contribution < -0.4 is 5.32 Å². The molecule has 0 saturated carbocycles. The van der Waals surface area contributed by atoms with E-state index in [2.05, 4.69) is 20.4 Å². The van der Waals surface area contributed by atoms with Gasteiger partial charge in [0.15, 0.2) is 11.4 Å². The molecular formula is C20H15F6N7O. The third-order valence-electron chi connectivity index (χ3n) is 5.19. The van der Waals surface area contributed by atoms with Crippen molar-refractivity contribution < 1.29 is 31.1 Å². The molecule has 178 valence electrons. The number of imidazole rings is 1. The van der Waals surface area contributed by atoms with Crippen molar-refractivity contribution in [3.63, 3.8) is 0 Å². The zero-order chi connectivity index (χ0) is 24.7. The standard InChI is InChI=1S/C20H15F6N7O/c21-19(22,23)9-32-10-29-17(15(32)8-27)18(34)30-12-2-1-5-33-14(12)7-13(31-33)11-3-4-28-16(6-11)20(24,25)26/h3-4,6-7,10,12H,1-2,5,9H2,(H,30,34)/t12-/m0/s1. The van der Waals surface area contributed by atoms with Gasteiger partial charge in [0, 0.05) is 18.3 Å². The molecule has 4 heterocycles. The normalized spacial score (nSPS) is 16.1. The van der Waals surface area contributed by atoms with Crippen LogP contribution in [0.25, 0.3) is 11.3 Å². The molecule has 1 N–H and O–H groups in total. The van der Waals surface area contributed by atoms with Gasteiger partial charge in [0.05, 0.1) is 23.8 Å². The first-order valence-electron chi connectivity index (χ1n) is 9.90. The summed E-state index contributed by atoms with van der Waals surface area (Å²) in [7, 11) is 0. The Morgan fingerprint density at radius 3 is 2.65 bits per heavy atom. The number of nitrogens with one attached hydrogen (secondary N) is 1. The molecule has 0 saturated heterocycles. The number of fused-ring (bicyclic) bond motifs is 1. The SMILES string of the molecule is N#Cc1c(C(=O)N[C@H]2CCCn3nc(-c4ccnc(C(F)(F)F)c4)cc32)ncn1CC(F)(F)F. The van der Waals surface area contributed by atoms with Crippen LogP contribution in [0.3, 0.4) is 0 Å². The van der Waals surface area contributed by atoms with Crippen LogP contribution in [0.4, 0.5) is 26.3 Å². The number of nitrogens with zero attached hydrogens (tertiary/aromatic N) is 6. The molecule has 8 nitrogen and oxygen atoms in total. The smallest absolute Gasteiger partial charge is 0.342 e. The summed E-state index contributed by atoms with van der Waals surface area (Å²) in [6, 6.07) is 4.72. The monoisotopic (exact) mass is 483 g/mol.